The summed E-state index contributed by atoms with van der Waals surface area (Å²) in [6.45, 7) is 0.964. The lowest BCUT2D eigenvalue weighted by molar-refractivity contribution is -0.123. The number of fused-ring (bicyclic) bond motifs is 3. The first-order valence-electron chi connectivity index (χ1n) is 11.3. The van der Waals surface area contributed by atoms with E-state index in [1.54, 1.807) is 30.6 Å². The van der Waals surface area contributed by atoms with Gasteiger partial charge in [-0.05, 0) is 24.3 Å². The molecule has 1 saturated heterocycles. The van der Waals surface area contributed by atoms with Gasteiger partial charge in [0.25, 0.3) is 0 Å². The van der Waals surface area contributed by atoms with E-state index >= 15 is 0 Å². The van der Waals surface area contributed by atoms with Gasteiger partial charge in [-0.25, -0.2) is 4.98 Å². The summed E-state index contributed by atoms with van der Waals surface area (Å²) in [5.74, 6) is 0.825. The molecule has 4 heterocycles. The lowest BCUT2D eigenvalue weighted by Crippen LogP contribution is -2.55. The van der Waals surface area contributed by atoms with Crippen LogP contribution < -0.4 is 15.4 Å². The van der Waals surface area contributed by atoms with Crippen LogP contribution in [0.4, 0.5) is 11.4 Å². The van der Waals surface area contributed by atoms with Crippen molar-refractivity contribution >= 4 is 45.7 Å². The van der Waals surface area contributed by atoms with Crippen molar-refractivity contribution in [2.75, 3.05) is 23.8 Å². The summed E-state index contributed by atoms with van der Waals surface area (Å²) >= 11 is 6.52. The van der Waals surface area contributed by atoms with Crippen molar-refractivity contribution in [1.82, 2.24) is 9.97 Å². The summed E-state index contributed by atoms with van der Waals surface area (Å²) in [6.07, 6.45) is 4.27. The van der Waals surface area contributed by atoms with Crippen molar-refractivity contribution in [2.24, 2.45) is 0 Å². The molecule has 1 spiro atoms. The smallest absolute Gasteiger partial charge is 0.250 e. The lowest BCUT2D eigenvalue weighted by Gasteiger charge is -2.41. The molecule has 6 rings (SSSR count). The summed E-state index contributed by atoms with van der Waals surface area (Å²) in [4.78, 5) is 34.0. The van der Waals surface area contributed by atoms with E-state index < -0.39 is 5.54 Å². The number of nitrogens with one attached hydrogen (secondary N) is 3. The molecule has 0 atom stereocenters. The third kappa shape index (κ3) is 3.71. The van der Waals surface area contributed by atoms with E-state index in [4.69, 9.17) is 21.1 Å². The highest BCUT2D eigenvalue weighted by molar-refractivity contribution is 6.36. The number of nitrogens with zero attached hydrogens (tertiary/aromatic N) is 1. The van der Waals surface area contributed by atoms with Crippen LogP contribution in [0.1, 0.15) is 28.8 Å². The third-order valence-electron chi connectivity index (χ3n) is 6.50. The molecule has 3 N–H and O–H groups in total. The van der Waals surface area contributed by atoms with Gasteiger partial charge in [0.2, 0.25) is 5.91 Å². The van der Waals surface area contributed by atoms with Gasteiger partial charge in [0, 0.05) is 43.9 Å². The molecular formula is C26H21ClN4O4. The molecule has 176 valence electrons. The standard InChI is InChI=1S/C26H21ClN4O4/c27-19-12-16(35-15-4-2-1-3-5-15)6-7-17(19)23(32)18-13-28-24-21(18)22-20(14-29-24)30-25(33)26(31-22)8-10-34-11-9-26/h1-7,12-14,31H,8-11H2,(H,28,29)(H,30,33). The Hall–Kier alpha value is -3.88. The van der Waals surface area contributed by atoms with Gasteiger partial charge in [-0.3, -0.25) is 9.59 Å². The van der Waals surface area contributed by atoms with Crippen LogP contribution in [-0.2, 0) is 9.53 Å². The number of pyridine rings is 1. The van der Waals surface area contributed by atoms with Gasteiger partial charge >= 0.3 is 0 Å². The van der Waals surface area contributed by atoms with Crippen LogP contribution in [0.15, 0.2) is 60.9 Å². The molecule has 9 heteroatoms. The largest absolute Gasteiger partial charge is 0.457 e. The lowest BCUT2D eigenvalue weighted by atomic mass is 9.86. The Morgan fingerprint density at radius 2 is 1.86 bits per heavy atom. The Kier molecular flexibility index (Phi) is 5.20. The Balaban J connectivity index is 1.37. The quantitative estimate of drug-likeness (QED) is 0.343. The second-order valence-corrected chi connectivity index (χ2v) is 9.04. The summed E-state index contributed by atoms with van der Waals surface area (Å²) in [5.41, 5.74) is 1.70. The zero-order chi connectivity index (χ0) is 24.0. The van der Waals surface area contributed by atoms with E-state index in [0.29, 0.717) is 71.1 Å². The number of aromatic nitrogens is 2. The number of halogens is 1. The number of carbonyl (C=O) groups excluding carboxylic acids is 2. The number of hydrogen-bond acceptors (Lipinski definition) is 6. The van der Waals surface area contributed by atoms with Gasteiger partial charge in [-0.1, -0.05) is 29.8 Å². The van der Waals surface area contributed by atoms with Gasteiger partial charge in [-0.15, -0.1) is 0 Å². The summed E-state index contributed by atoms with van der Waals surface area (Å²) in [6, 6.07) is 14.3. The second-order valence-electron chi connectivity index (χ2n) is 8.63. The fourth-order valence-corrected chi connectivity index (χ4v) is 4.88. The molecule has 0 saturated carbocycles. The van der Waals surface area contributed by atoms with Crippen LogP contribution >= 0.6 is 11.6 Å². The van der Waals surface area contributed by atoms with Crippen molar-refractivity contribution in [3.8, 4) is 11.5 Å². The van der Waals surface area contributed by atoms with Crippen LogP contribution in [-0.4, -0.2) is 40.4 Å². The molecule has 0 radical (unpaired) electrons. The van der Waals surface area contributed by atoms with Crippen molar-refractivity contribution in [3.63, 3.8) is 0 Å². The minimum absolute atomic E-state index is 0.116. The van der Waals surface area contributed by atoms with Crippen LogP contribution in [0, 0.1) is 0 Å². The number of carbonyl (C=O) groups is 2. The van der Waals surface area contributed by atoms with Gasteiger partial charge in [0.15, 0.2) is 5.78 Å². The normalized spacial score (nSPS) is 16.4. The van der Waals surface area contributed by atoms with Crippen LogP contribution in [0.2, 0.25) is 5.02 Å². The van der Waals surface area contributed by atoms with E-state index in [9.17, 15) is 9.59 Å². The maximum atomic E-state index is 13.6. The van der Waals surface area contributed by atoms with Gasteiger partial charge in [0.05, 0.1) is 33.5 Å². The fourth-order valence-electron chi connectivity index (χ4n) is 4.62. The predicted molar refractivity (Wildman–Crippen MR) is 133 cm³/mol. The monoisotopic (exact) mass is 488 g/mol. The number of para-hydroxylation sites is 1. The molecule has 35 heavy (non-hydrogen) atoms. The Morgan fingerprint density at radius 1 is 1.06 bits per heavy atom. The van der Waals surface area contributed by atoms with Gasteiger partial charge in [-0.2, -0.15) is 0 Å². The average molecular weight is 489 g/mol. The number of hydrogen-bond donors (Lipinski definition) is 3. The van der Waals surface area contributed by atoms with Crippen LogP contribution in [0.3, 0.4) is 0 Å². The van der Waals surface area contributed by atoms with E-state index in [2.05, 4.69) is 20.6 Å². The molecule has 1 fully saturated rings. The van der Waals surface area contributed by atoms with E-state index in [-0.39, 0.29) is 16.7 Å². The zero-order valence-electron chi connectivity index (χ0n) is 18.6. The van der Waals surface area contributed by atoms with Gasteiger partial charge < -0.3 is 25.1 Å². The molecule has 8 nitrogen and oxygen atoms in total. The molecule has 2 aliphatic rings. The molecule has 2 aromatic carbocycles. The second kappa shape index (κ2) is 8.41. The van der Waals surface area contributed by atoms with Gasteiger partial charge in [0.1, 0.15) is 22.7 Å². The Morgan fingerprint density at radius 3 is 2.63 bits per heavy atom. The first-order chi connectivity index (χ1) is 17.0. The average Bonchev–Trinajstić information content (AvgIpc) is 3.31. The molecule has 1 amide bonds. The first-order valence-corrected chi connectivity index (χ1v) is 11.7. The topological polar surface area (TPSA) is 105 Å². The highest BCUT2D eigenvalue weighted by atomic mass is 35.5. The minimum Gasteiger partial charge on any atom is -0.457 e. The van der Waals surface area contributed by atoms with E-state index in [0.717, 1.165) is 0 Å². The number of amides is 1. The molecule has 0 unspecified atom stereocenters. The zero-order valence-corrected chi connectivity index (χ0v) is 19.3. The number of ketones is 1. The number of rotatable bonds is 4. The number of anilines is 2. The fraction of sp³-hybridized carbons (Fsp3) is 0.192. The highest BCUT2D eigenvalue weighted by Crippen LogP contribution is 2.41. The Bertz CT molecular complexity index is 1460. The Labute approximate surface area is 205 Å². The third-order valence-corrected chi connectivity index (χ3v) is 6.82. The van der Waals surface area contributed by atoms with Crippen LogP contribution in [0.25, 0.3) is 11.0 Å². The molecule has 2 aromatic heterocycles. The molecule has 2 aliphatic heterocycles. The maximum absolute atomic E-state index is 13.6. The minimum atomic E-state index is -0.787. The van der Waals surface area contributed by atoms with Crippen molar-refractivity contribution in [1.29, 1.82) is 0 Å². The number of benzene rings is 2. The maximum Gasteiger partial charge on any atom is 0.250 e. The van der Waals surface area contributed by atoms with Crippen molar-refractivity contribution in [3.05, 3.63) is 77.1 Å². The summed E-state index contributed by atoms with van der Waals surface area (Å²) in [7, 11) is 0. The number of aromatic amines is 1. The SMILES string of the molecule is O=C(c1ccc(Oc2ccccc2)cc1Cl)c1c[nH]c2ncc3c(c12)NC1(CCOCC1)C(=O)N3. The first kappa shape index (κ1) is 21.6. The number of H-pyrrole nitrogens is 1. The molecular weight excluding hydrogens is 468 g/mol. The van der Waals surface area contributed by atoms with E-state index in [1.165, 1.54) is 0 Å². The summed E-state index contributed by atoms with van der Waals surface area (Å²) in [5, 5.41) is 7.28. The van der Waals surface area contributed by atoms with Crippen LogP contribution in [0.5, 0.6) is 11.5 Å². The van der Waals surface area contributed by atoms with Crippen molar-refractivity contribution in [2.45, 2.75) is 18.4 Å². The van der Waals surface area contributed by atoms with E-state index in [1.807, 2.05) is 30.3 Å². The number of ether oxygens (including phenoxy) is 2. The molecule has 4 aromatic rings. The molecule has 0 bridgehead atoms. The predicted octanol–water partition coefficient (Wildman–Crippen LogP) is 5.15. The van der Waals surface area contributed by atoms with Crippen molar-refractivity contribution < 1.29 is 19.1 Å². The highest BCUT2D eigenvalue weighted by Gasteiger charge is 2.44. The molecule has 0 aliphatic carbocycles. The summed E-state index contributed by atoms with van der Waals surface area (Å²) < 4.78 is 11.3.